The Bertz CT molecular complexity index is 1280. The third kappa shape index (κ3) is 4.35. The lowest BCUT2D eigenvalue weighted by molar-refractivity contribution is -0.0871. The highest BCUT2D eigenvalue weighted by molar-refractivity contribution is 5.84. The lowest BCUT2D eigenvalue weighted by atomic mass is 10.1. The van der Waals surface area contributed by atoms with Crippen molar-refractivity contribution < 1.29 is 27.4 Å². The standard InChI is InChI=1S/C24H19F3N4O3/c25-23(26,27)19-13-29-24(28,15-9-10-20-21(11-15)33-14-32-20)31-22(19)30-16-5-4-8-18(12-16)34-17-6-2-1-3-7-17/h1-13,30-31H,14,28H2. The van der Waals surface area contributed by atoms with Gasteiger partial charge in [-0.2, -0.15) is 13.2 Å². The largest absolute Gasteiger partial charge is 0.457 e. The van der Waals surface area contributed by atoms with Gasteiger partial charge in [-0.25, -0.2) is 4.99 Å². The summed E-state index contributed by atoms with van der Waals surface area (Å²) in [6.45, 7) is 0.0549. The predicted octanol–water partition coefficient (Wildman–Crippen LogP) is 4.84. The van der Waals surface area contributed by atoms with Gasteiger partial charge in [0, 0.05) is 23.5 Å². The molecule has 2 aliphatic rings. The number of halogens is 3. The Morgan fingerprint density at radius 3 is 2.50 bits per heavy atom. The van der Waals surface area contributed by atoms with Crippen LogP contribution in [-0.2, 0) is 5.79 Å². The van der Waals surface area contributed by atoms with E-state index in [0.29, 0.717) is 40.5 Å². The molecule has 0 fully saturated rings. The van der Waals surface area contributed by atoms with Crippen LogP contribution in [0.25, 0.3) is 0 Å². The van der Waals surface area contributed by atoms with E-state index in [9.17, 15) is 13.2 Å². The quantitative estimate of drug-likeness (QED) is 0.497. The molecule has 174 valence electrons. The molecule has 1 unspecified atom stereocenters. The molecule has 34 heavy (non-hydrogen) atoms. The van der Waals surface area contributed by atoms with Crippen molar-refractivity contribution in [3.8, 4) is 23.0 Å². The molecule has 2 aliphatic heterocycles. The Labute approximate surface area is 192 Å². The van der Waals surface area contributed by atoms with Gasteiger partial charge < -0.3 is 24.8 Å². The van der Waals surface area contributed by atoms with Gasteiger partial charge in [-0.05, 0) is 42.5 Å². The van der Waals surface area contributed by atoms with Crippen LogP contribution in [0.15, 0.2) is 89.2 Å². The van der Waals surface area contributed by atoms with Crippen molar-refractivity contribution >= 4 is 11.9 Å². The molecule has 3 aromatic carbocycles. The van der Waals surface area contributed by atoms with Crippen molar-refractivity contribution in [1.29, 1.82) is 0 Å². The second-order valence-electron chi connectivity index (χ2n) is 7.57. The summed E-state index contributed by atoms with van der Waals surface area (Å²) in [5, 5.41) is 5.49. The van der Waals surface area contributed by atoms with E-state index in [4.69, 9.17) is 19.9 Å². The number of aliphatic imine (C=N–C) groups is 1. The molecular weight excluding hydrogens is 449 g/mol. The summed E-state index contributed by atoms with van der Waals surface area (Å²) < 4.78 is 57.7. The van der Waals surface area contributed by atoms with Crippen LogP contribution < -0.4 is 30.6 Å². The number of ether oxygens (including phenoxy) is 3. The van der Waals surface area contributed by atoms with Gasteiger partial charge in [0.25, 0.3) is 0 Å². The first-order valence-electron chi connectivity index (χ1n) is 10.2. The maximum Gasteiger partial charge on any atom is 0.421 e. The van der Waals surface area contributed by atoms with Gasteiger partial charge in [-0.3, -0.25) is 5.73 Å². The van der Waals surface area contributed by atoms with Crippen molar-refractivity contribution in [2.24, 2.45) is 10.7 Å². The van der Waals surface area contributed by atoms with E-state index in [1.807, 2.05) is 18.2 Å². The Kier molecular flexibility index (Phi) is 5.29. The van der Waals surface area contributed by atoms with E-state index in [-0.39, 0.29) is 12.6 Å². The maximum absolute atomic E-state index is 13.8. The minimum Gasteiger partial charge on any atom is -0.457 e. The highest BCUT2D eigenvalue weighted by Gasteiger charge is 2.42. The summed E-state index contributed by atoms with van der Waals surface area (Å²) in [7, 11) is 0. The van der Waals surface area contributed by atoms with E-state index < -0.39 is 17.5 Å². The van der Waals surface area contributed by atoms with Crippen LogP contribution in [0.5, 0.6) is 23.0 Å². The average Bonchev–Trinajstić information content (AvgIpc) is 3.27. The Hall–Kier alpha value is -4.18. The molecule has 0 amide bonds. The van der Waals surface area contributed by atoms with E-state index in [1.165, 1.54) is 0 Å². The number of alkyl halides is 3. The number of anilines is 1. The van der Waals surface area contributed by atoms with Gasteiger partial charge in [-0.1, -0.05) is 24.3 Å². The smallest absolute Gasteiger partial charge is 0.421 e. The van der Waals surface area contributed by atoms with E-state index in [2.05, 4.69) is 15.6 Å². The fraction of sp³-hybridized carbons (Fsp3) is 0.125. The number of para-hydroxylation sites is 1. The van der Waals surface area contributed by atoms with Crippen LogP contribution in [0.3, 0.4) is 0 Å². The molecule has 0 aromatic heterocycles. The number of allylic oxidation sites excluding steroid dienone is 1. The third-order valence-electron chi connectivity index (χ3n) is 5.18. The minimum atomic E-state index is -4.67. The Balaban J connectivity index is 1.44. The molecule has 2 heterocycles. The SMILES string of the molecule is NC1(c2ccc3c(c2)OCO3)N=CC(C(F)(F)F)=C(Nc2cccc(Oc3ccccc3)c2)N1. The molecule has 4 N–H and O–H groups in total. The number of nitrogens with zero attached hydrogens (tertiary/aromatic N) is 1. The summed E-state index contributed by atoms with van der Waals surface area (Å²) in [5.41, 5.74) is 6.15. The Morgan fingerprint density at radius 1 is 0.941 bits per heavy atom. The van der Waals surface area contributed by atoms with Crippen LogP contribution in [0.4, 0.5) is 18.9 Å². The maximum atomic E-state index is 13.8. The molecule has 10 heteroatoms. The normalized spacial score (nSPS) is 19.1. The van der Waals surface area contributed by atoms with Gasteiger partial charge in [-0.15, -0.1) is 0 Å². The van der Waals surface area contributed by atoms with E-state index in [0.717, 1.165) is 0 Å². The number of rotatable bonds is 5. The van der Waals surface area contributed by atoms with Gasteiger partial charge in [0.05, 0.1) is 0 Å². The second-order valence-corrected chi connectivity index (χ2v) is 7.57. The number of fused-ring (bicyclic) bond motifs is 1. The highest BCUT2D eigenvalue weighted by atomic mass is 19.4. The fourth-order valence-corrected chi connectivity index (χ4v) is 3.52. The topological polar surface area (TPSA) is 90.1 Å². The lowest BCUT2D eigenvalue weighted by Gasteiger charge is -2.34. The fourth-order valence-electron chi connectivity index (χ4n) is 3.52. The summed E-state index contributed by atoms with van der Waals surface area (Å²) >= 11 is 0. The van der Waals surface area contributed by atoms with Gasteiger partial charge in [0.1, 0.15) is 22.9 Å². The first-order chi connectivity index (χ1) is 16.3. The van der Waals surface area contributed by atoms with Crippen LogP contribution >= 0.6 is 0 Å². The highest BCUT2D eigenvalue weighted by Crippen LogP contribution is 2.37. The molecule has 1 atom stereocenters. The summed E-state index contributed by atoms with van der Waals surface area (Å²) in [4.78, 5) is 3.97. The molecule has 0 bridgehead atoms. The zero-order valence-corrected chi connectivity index (χ0v) is 17.6. The monoisotopic (exact) mass is 468 g/mol. The predicted molar refractivity (Wildman–Crippen MR) is 120 cm³/mol. The average molecular weight is 468 g/mol. The number of hydrogen-bond donors (Lipinski definition) is 3. The van der Waals surface area contributed by atoms with E-state index >= 15 is 0 Å². The number of hydrogen-bond acceptors (Lipinski definition) is 7. The van der Waals surface area contributed by atoms with Gasteiger partial charge in [0.15, 0.2) is 11.5 Å². The van der Waals surface area contributed by atoms with Crippen LogP contribution in [0.1, 0.15) is 5.56 Å². The third-order valence-corrected chi connectivity index (χ3v) is 5.18. The summed E-state index contributed by atoms with van der Waals surface area (Å²) in [5.74, 6) is -0.0147. The van der Waals surface area contributed by atoms with Crippen molar-refractivity contribution in [2.75, 3.05) is 12.1 Å². The zero-order valence-electron chi connectivity index (χ0n) is 17.6. The molecule has 0 saturated heterocycles. The van der Waals surface area contributed by atoms with Crippen molar-refractivity contribution in [3.63, 3.8) is 0 Å². The molecule has 3 aromatic rings. The van der Waals surface area contributed by atoms with E-state index in [1.54, 1.807) is 54.6 Å². The molecule has 0 saturated carbocycles. The molecule has 0 radical (unpaired) electrons. The number of nitrogens with two attached hydrogens (primary N) is 1. The van der Waals surface area contributed by atoms with Crippen LogP contribution in [0.2, 0.25) is 0 Å². The summed E-state index contributed by atoms with van der Waals surface area (Å²) in [6, 6.07) is 20.4. The lowest BCUT2D eigenvalue weighted by Crippen LogP contribution is -2.52. The molecule has 0 aliphatic carbocycles. The Morgan fingerprint density at radius 2 is 1.71 bits per heavy atom. The molecule has 5 rings (SSSR count). The molecule has 7 nitrogen and oxygen atoms in total. The van der Waals surface area contributed by atoms with Gasteiger partial charge in [0.2, 0.25) is 12.6 Å². The second kappa shape index (κ2) is 8.31. The zero-order chi connectivity index (χ0) is 23.8. The minimum absolute atomic E-state index is 0.0549. The van der Waals surface area contributed by atoms with Crippen LogP contribution in [0, 0.1) is 0 Å². The molecule has 0 spiro atoms. The van der Waals surface area contributed by atoms with Crippen molar-refractivity contribution in [3.05, 3.63) is 89.8 Å². The van der Waals surface area contributed by atoms with Gasteiger partial charge >= 0.3 is 6.18 Å². The van der Waals surface area contributed by atoms with Crippen LogP contribution in [-0.4, -0.2) is 19.2 Å². The summed E-state index contributed by atoms with van der Waals surface area (Å²) in [6.07, 6.45) is -3.96. The first kappa shape index (κ1) is 21.7. The number of nitrogens with one attached hydrogen (secondary N) is 2. The van der Waals surface area contributed by atoms with Crippen molar-refractivity contribution in [1.82, 2.24) is 5.32 Å². The van der Waals surface area contributed by atoms with Crippen molar-refractivity contribution in [2.45, 2.75) is 12.0 Å². The number of benzene rings is 3. The first-order valence-corrected chi connectivity index (χ1v) is 10.2. The molecular formula is C24H19F3N4O3.